The van der Waals surface area contributed by atoms with Crippen molar-refractivity contribution in [1.29, 1.82) is 0 Å². The minimum absolute atomic E-state index is 0.351. The van der Waals surface area contributed by atoms with Gasteiger partial charge in [0, 0.05) is 65.3 Å². The van der Waals surface area contributed by atoms with Crippen molar-refractivity contribution in [2.45, 2.75) is 84.3 Å². The first kappa shape index (κ1) is 28.3. The molecule has 6 rings (SSSR count). The predicted octanol–water partition coefficient (Wildman–Crippen LogP) is 8.17. The van der Waals surface area contributed by atoms with Crippen molar-refractivity contribution >= 4 is 22.6 Å². The molecule has 0 bridgehead atoms. The summed E-state index contributed by atoms with van der Waals surface area (Å²) in [6.45, 7) is 9.94. The van der Waals surface area contributed by atoms with Gasteiger partial charge < -0.3 is 18.9 Å². The van der Waals surface area contributed by atoms with Crippen LogP contribution < -0.4 is 9.64 Å². The summed E-state index contributed by atoms with van der Waals surface area (Å²) >= 11 is 0. The average molecular weight is 566 g/mol. The second-order valence-corrected chi connectivity index (χ2v) is 11.7. The molecule has 2 aliphatic heterocycles. The Balaban J connectivity index is 1.54. The average Bonchev–Trinajstić information content (AvgIpc) is 3.72. The molecule has 6 nitrogen and oxygen atoms in total. The maximum atomic E-state index is 13.6. The maximum absolute atomic E-state index is 13.6. The van der Waals surface area contributed by atoms with Crippen molar-refractivity contribution in [2.24, 2.45) is 0 Å². The normalized spacial score (nSPS) is 18.1. The van der Waals surface area contributed by atoms with Crippen molar-refractivity contribution in [2.75, 3.05) is 24.6 Å². The van der Waals surface area contributed by atoms with E-state index in [-0.39, 0.29) is 5.97 Å². The zero-order valence-corrected chi connectivity index (χ0v) is 25.3. The molecule has 4 aromatic rings. The molecule has 2 aromatic heterocycles. The number of esters is 1. The van der Waals surface area contributed by atoms with Crippen molar-refractivity contribution in [3.05, 3.63) is 88.9 Å². The fraction of sp³-hybridized carbons (Fsp3) is 0.444. The number of pyridine rings is 1. The van der Waals surface area contributed by atoms with Crippen LogP contribution in [0.15, 0.2) is 60.8 Å². The number of aryl methyl sites for hydroxylation is 1. The van der Waals surface area contributed by atoms with Crippen LogP contribution in [-0.2, 0) is 16.9 Å². The summed E-state index contributed by atoms with van der Waals surface area (Å²) in [6, 6.07) is 18.5. The van der Waals surface area contributed by atoms with Crippen LogP contribution in [0.3, 0.4) is 0 Å². The van der Waals surface area contributed by atoms with E-state index in [2.05, 4.69) is 65.8 Å². The van der Waals surface area contributed by atoms with Crippen molar-refractivity contribution in [1.82, 2.24) is 9.55 Å². The summed E-state index contributed by atoms with van der Waals surface area (Å²) in [4.78, 5) is 20.9. The van der Waals surface area contributed by atoms with Gasteiger partial charge in [-0.3, -0.25) is 4.98 Å². The lowest BCUT2D eigenvalue weighted by Crippen LogP contribution is -2.32. The van der Waals surface area contributed by atoms with E-state index in [9.17, 15) is 4.79 Å². The Labute approximate surface area is 249 Å². The lowest BCUT2D eigenvalue weighted by molar-refractivity contribution is 0.0238. The molecule has 6 heteroatoms. The summed E-state index contributed by atoms with van der Waals surface area (Å²) in [7, 11) is 0. The smallest absolute Gasteiger partial charge is 0.341 e. The van der Waals surface area contributed by atoms with Gasteiger partial charge in [-0.25, -0.2) is 4.79 Å². The van der Waals surface area contributed by atoms with Crippen molar-refractivity contribution < 1.29 is 14.3 Å². The van der Waals surface area contributed by atoms with E-state index in [1.54, 1.807) is 6.20 Å². The molecular formula is C36H43N3O3. The third kappa shape index (κ3) is 4.85. The van der Waals surface area contributed by atoms with E-state index in [1.165, 1.54) is 44.9 Å². The number of hydrogen-bond donors (Lipinski definition) is 0. The highest BCUT2D eigenvalue weighted by Gasteiger charge is 2.54. The van der Waals surface area contributed by atoms with Crippen LogP contribution in [-0.4, -0.2) is 35.2 Å². The molecule has 220 valence electrons. The van der Waals surface area contributed by atoms with E-state index < -0.39 is 5.60 Å². The van der Waals surface area contributed by atoms with Gasteiger partial charge in [0.05, 0.1) is 12.2 Å². The van der Waals surface area contributed by atoms with Crippen molar-refractivity contribution in [3.8, 4) is 5.75 Å². The van der Waals surface area contributed by atoms with Gasteiger partial charge in [-0.1, -0.05) is 57.2 Å². The number of ether oxygens (including phenoxy) is 2. The Kier molecular flexibility index (Phi) is 8.23. The zero-order chi connectivity index (χ0) is 29.1. The molecular weight excluding hydrogens is 522 g/mol. The van der Waals surface area contributed by atoms with E-state index in [0.29, 0.717) is 17.9 Å². The number of cyclic esters (lactones) is 1. The first-order valence-corrected chi connectivity index (χ1v) is 15.9. The third-order valence-corrected chi connectivity index (χ3v) is 9.04. The van der Waals surface area contributed by atoms with Crippen LogP contribution in [0.5, 0.6) is 5.75 Å². The van der Waals surface area contributed by atoms with E-state index in [1.807, 2.05) is 19.1 Å². The van der Waals surface area contributed by atoms with E-state index >= 15 is 0 Å². The second-order valence-electron chi connectivity index (χ2n) is 11.7. The first-order valence-electron chi connectivity index (χ1n) is 15.9. The molecule has 1 fully saturated rings. The topological polar surface area (TPSA) is 56.6 Å². The number of unbranched alkanes of at least 4 members (excludes halogenated alkanes) is 5. The lowest BCUT2D eigenvalue weighted by Gasteiger charge is -2.32. The van der Waals surface area contributed by atoms with Crippen LogP contribution in [0.2, 0.25) is 0 Å². The number of fused-ring (bicyclic) bond motifs is 2. The predicted molar refractivity (Wildman–Crippen MR) is 169 cm³/mol. The van der Waals surface area contributed by atoms with Gasteiger partial charge in [0.15, 0.2) is 0 Å². The van der Waals surface area contributed by atoms with E-state index in [0.717, 1.165) is 65.2 Å². The Morgan fingerprint density at radius 1 is 0.952 bits per heavy atom. The molecule has 0 amide bonds. The largest absolute Gasteiger partial charge is 0.493 e. The number of hydrogen-bond acceptors (Lipinski definition) is 5. The van der Waals surface area contributed by atoms with Crippen LogP contribution in [0.25, 0.3) is 10.9 Å². The molecule has 0 N–H and O–H groups in total. The summed E-state index contributed by atoms with van der Waals surface area (Å²) in [5.41, 5.74) is 5.12. The van der Waals surface area contributed by atoms with Gasteiger partial charge in [-0.05, 0) is 63.4 Å². The molecule has 4 heterocycles. The first-order chi connectivity index (χ1) is 20.6. The highest BCUT2D eigenvalue weighted by Crippen LogP contribution is 2.53. The fourth-order valence-electron chi connectivity index (χ4n) is 7.04. The summed E-state index contributed by atoms with van der Waals surface area (Å²) in [5.74, 6) is 0.386. The van der Waals surface area contributed by atoms with Crippen LogP contribution in [0.1, 0.15) is 98.1 Å². The summed E-state index contributed by atoms with van der Waals surface area (Å²) < 4.78 is 15.4. The molecule has 2 aliphatic rings. The number of rotatable bonds is 12. The molecule has 0 aliphatic carbocycles. The van der Waals surface area contributed by atoms with Gasteiger partial charge in [0.2, 0.25) is 5.60 Å². The Morgan fingerprint density at radius 2 is 1.74 bits per heavy atom. The van der Waals surface area contributed by atoms with E-state index in [4.69, 9.17) is 14.5 Å². The molecule has 0 saturated carbocycles. The highest BCUT2D eigenvalue weighted by molar-refractivity contribution is 5.98. The van der Waals surface area contributed by atoms with Crippen LogP contribution in [0.4, 0.5) is 5.69 Å². The zero-order valence-electron chi connectivity index (χ0n) is 25.3. The van der Waals surface area contributed by atoms with Gasteiger partial charge in [0.1, 0.15) is 11.4 Å². The van der Waals surface area contributed by atoms with Crippen LogP contribution >= 0.6 is 0 Å². The summed E-state index contributed by atoms with van der Waals surface area (Å²) in [5, 5.41) is 1.08. The number of para-hydroxylation sites is 1. The highest BCUT2D eigenvalue weighted by atomic mass is 16.6. The van der Waals surface area contributed by atoms with Gasteiger partial charge >= 0.3 is 5.97 Å². The third-order valence-electron chi connectivity index (χ3n) is 9.04. The van der Waals surface area contributed by atoms with Crippen LogP contribution in [0, 0.1) is 6.92 Å². The van der Waals surface area contributed by atoms with Crippen molar-refractivity contribution in [3.63, 3.8) is 0 Å². The van der Waals surface area contributed by atoms with Gasteiger partial charge in [-0.15, -0.1) is 0 Å². The Morgan fingerprint density at radius 3 is 2.55 bits per heavy atom. The molecule has 1 unspecified atom stereocenters. The standard InChI is InChI=1S/C36H43N3O3/c1-4-6-7-8-9-12-24-39-26(3)33(28-16-10-11-18-31(28)39)36(34-29(35(40)42-36)17-15-21-37-34)30-20-19-27(25-32(30)41-5-2)38-22-13-14-23-38/h10-11,15-21,25H,4-9,12-14,22-24H2,1-3H3. The quantitative estimate of drug-likeness (QED) is 0.128. The molecule has 0 spiro atoms. The lowest BCUT2D eigenvalue weighted by atomic mass is 9.80. The Hall–Kier alpha value is -3.80. The fourth-order valence-corrected chi connectivity index (χ4v) is 7.04. The molecule has 1 atom stereocenters. The van der Waals surface area contributed by atoms with Gasteiger partial charge in [-0.2, -0.15) is 0 Å². The number of aromatic nitrogens is 2. The molecule has 0 radical (unpaired) electrons. The number of anilines is 1. The number of nitrogens with zero attached hydrogens (tertiary/aromatic N) is 3. The number of benzene rings is 2. The number of carbonyl (C=O) groups excluding carboxylic acids is 1. The molecule has 1 saturated heterocycles. The minimum atomic E-state index is -1.22. The SMILES string of the molecule is CCCCCCCCn1c(C)c(C2(c3ccc(N4CCCC4)cc3OCC)OC(=O)c3cccnc32)c2ccccc21. The monoisotopic (exact) mass is 565 g/mol. The number of carbonyl (C=O) groups is 1. The Bertz CT molecular complexity index is 1570. The van der Waals surface area contributed by atoms with Gasteiger partial charge in [0.25, 0.3) is 0 Å². The second kappa shape index (κ2) is 12.2. The molecule has 42 heavy (non-hydrogen) atoms. The molecule has 2 aromatic carbocycles. The summed E-state index contributed by atoms with van der Waals surface area (Å²) in [6.07, 6.45) is 11.6. The maximum Gasteiger partial charge on any atom is 0.341 e. The minimum Gasteiger partial charge on any atom is -0.493 e.